The predicted molar refractivity (Wildman–Crippen MR) is 74.1 cm³/mol. The molecular formula is C13H13ClN2OS. The first-order chi connectivity index (χ1) is 8.61. The molecule has 2 rings (SSSR count). The van der Waals surface area contributed by atoms with E-state index < -0.39 is 0 Å². The van der Waals surface area contributed by atoms with Gasteiger partial charge in [0.15, 0.2) is 0 Å². The smallest absolute Gasteiger partial charge is 0.104 e. The maximum Gasteiger partial charge on any atom is 0.104 e. The van der Waals surface area contributed by atoms with Crippen molar-refractivity contribution < 1.29 is 5.11 Å². The molecule has 0 radical (unpaired) electrons. The van der Waals surface area contributed by atoms with E-state index in [9.17, 15) is 0 Å². The Bertz CT molecular complexity index is 619. The van der Waals surface area contributed by atoms with Crippen LogP contribution in [0.4, 0.5) is 0 Å². The molecule has 0 saturated heterocycles. The topological polar surface area (TPSA) is 38.0 Å². The summed E-state index contributed by atoms with van der Waals surface area (Å²) in [6, 6.07) is 2.01. The molecule has 0 unspecified atom stereocenters. The summed E-state index contributed by atoms with van der Waals surface area (Å²) in [6.07, 6.45) is 0. The van der Waals surface area contributed by atoms with Crippen LogP contribution in [-0.2, 0) is 6.54 Å². The molecule has 0 fully saturated rings. The van der Waals surface area contributed by atoms with Gasteiger partial charge in [-0.25, -0.2) is 0 Å². The van der Waals surface area contributed by atoms with Gasteiger partial charge in [-0.1, -0.05) is 23.4 Å². The molecule has 1 N–H and O–H groups in total. The summed E-state index contributed by atoms with van der Waals surface area (Å²) in [5, 5.41) is 15.7. The number of aliphatic hydroxyl groups is 1. The second-order valence-electron chi connectivity index (χ2n) is 3.90. The third-order valence-corrected chi connectivity index (χ3v) is 4.03. The van der Waals surface area contributed by atoms with Gasteiger partial charge in [-0.15, -0.1) is 11.3 Å². The minimum absolute atomic E-state index is 0.113. The number of aryl methyl sites for hydroxylation is 1. The van der Waals surface area contributed by atoms with Gasteiger partial charge in [-0.2, -0.15) is 5.10 Å². The van der Waals surface area contributed by atoms with Crippen LogP contribution >= 0.6 is 22.9 Å². The standard InChI is InChI=1S/C13H13ClN2OS/c1-9-13(14)10(2)16(15-9)7-12-6-11(8-18-12)4-3-5-17/h6,8,17H,5,7H2,1-2H3. The molecule has 0 spiro atoms. The number of hydrogen-bond donors (Lipinski definition) is 1. The fraction of sp³-hybridized carbons (Fsp3) is 0.308. The van der Waals surface area contributed by atoms with Crippen LogP contribution in [0, 0.1) is 25.7 Å². The van der Waals surface area contributed by atoms with Gasteiger partial charge in [-0.3, -0.25) is 4.68 Å². The van der Waals surface area contributed by atoms with E-state index >= 15 is 0 Å². The van der Waals surface area contributed by atoms with Crippen LogP contribution < -0.4 is 0 Å². The van der Waals surface area contributed by atoms with Gasteiger partial charge >= 0.3 is 0 Å². The summed E-state index contributed by atoms with van der Waals surface area (Å²) in [6.45, 7) is 4.45. The van der Waals surface area contributed by atoms with E-state index in [1.165, 1.54) is 4.88 Å². The minimum Gasteiger partial charge on any atom is -0.384 e. The van der Waals surface area contributed by atoms with Crippen molar-refractivity contribution in [2.24, 2.45) is 0 Å². The first-order valence-electron chi connectivity index (χ1n) is 5.48. The lowest BCUT2D eigenvalue weighted by Crippen LogP contribution is -2.02. The highest BCUT2D eigenvalue weighted by molar-refractivity contribution is 7.10. The van der Waals surface area contributed by atoms with Crippen molar-refractivity contribution in [2.45, 2.75) is 20.4 Å². The zero-order valence-corrected chi connectivity index (χ0v) is 11.8. The van der Waals surface area contributed by atoms with Crippen molar-refractivity contribution in [3.63, 3.8) is 0 Å². The van der Waals surface area contributed by atoms with Crippen LogP contribution in [0.1, 0.15) is 21.8 Å². The van der Waals surface area contributed by atoms with Crippen LogP contribution in [0.15, 0.2) is 11.4 Å². The average Bonchev–Trinajstić information content (AvgIpc) is 2.89. The first kappa shape index (κ1) is 13.2. The highest BCUT2D eigenvalue weighted by atomic mass is 35.5. The van der Waals surface area contributed by atoms with Crippen molar-refractivity contribution in [2.75, 3.05) is 6.61 Å². The molecule has 94 valence electrons. The lowest BCUT2D eigenvalue weighted by Gasteiger charge is -2.01. The Morgan fingerprint density at radius 1 is 1.50 bits per heavy atom. The summed E-state index contributed by atoms with van der Waals surface area (Å²) in [5.74, 6) is 5.52. The molecule has 0 bridgehead atoms. The van der Waals surface area contributed by atoms with Gasteiger partial charge < -0.3 is 5.11 Å². The Labute approximate surface area is 115 Å². The van der Waals surface area contributed by atoms with Gasteiger partial charge in [-0.05, 0) is 19.9 Å². The van der Waals surface area contributed by atoms with Crippen LogP contribution in [0.5, 0.6) is 0 Å². The van der Waals surface area contributed by atoms with Gasteiger partial charge in [0, 0.05) is 15.8 Å². The molecule has 2 aromatic heterocycles. The molecule has 2 heterocycles. The van der Waals surface area contributed by atoms with Crippen molar-refractivity contribution >= 4 is 22.9 Å². The number of aliphatic hydroxyl groups excluding tert-OH is 1. The molecule has 3 nitrogen and oxygen atoms in total. The number of halogens is 1. The largest absolute Gasteiger partial charge is 0.384 e. The maximum atomic E-state index is 8.64. The Morgan fingerprint density at radius 2 is 2.28 bits per heavy atom. The Morgan fingerprint density at radius 3 is 2.89 bits per heavy atom. The third kappa shape index (κ3) is 2.75. The first-order valence-corrected chi connectivity index (χ1v) is 6.74. The summed E-state index contributed by atoms with van der Waals surface area (Å²) < 4.78 is 1.90. The molecule has 18 heavy (non-hydrogen) atoms. The molecule has 2 aromatic rings. The second-order valence-corrected chi connectivity index (χ2v) is 5.28. The van der Waals surface area contributed by atoms with Gasteiger partial charge in [0.1, 0.15) is 6.61 Å². The van der Waals surface area contributed by atoms with Crippen LogP contribution in [0.2, 0.25) is 5.02 Å². The molecule has 0 saturated carbocycles. The van der Waals surface area contributed by atoms with Crippen molar-refractivity contribution in [1.29, 1.82) is 0 Å². The second kappa shape index (κ2) is 5.57. The highest BCUT2D eigenvalue weighted by Gasteiger charge is 2.10. The molecule has 0 aromatic carbocycles. The number of hydrogen-bond acceptors (Lipinski definition) is 3. The molecule has 5 heteroatoms. The number of aromatic nitrogens is 2. The van der Waals surface area contributed by atoms with Gasteiger partial charge in [0.05, 0.1) is 23.0 Å². The molecule has 0 atom stereocenters. The van der Waals surface area contributed by atoms with Gasteiger partial charge in [0.25, 0.3) is 0 Å². The molecule has 0 amide bonds. The Kier molecular flexibility index (Phi) is 4.07. The average molecular weight is 281 g/mol. The summed E-state index contributed by atoms with van der Waals surface area (Å²) in [5.41, 5.74) is 2.76. The number of nitrogens with zero attached hydrogens (tertiary/aromatic N) is 2. The van der Waals surface area contributed by atoms with Crippen LogP contribution in [-0.4, -0.2) is 21.5 Å². The van der Waals surface area contributed by atoms with E-state index in [1.54, 1.807) is 11.3 Å². The lowest BCUT2D eigenvalue weighted by atomic mass is 10.3. The van der Waals surface area contributed by atoms with E-state index in [4.69, 9.17) is 16.7 Å². The summed E-state index contributed by atoms with van der Waals surface area (Å²) in [7, 11) is 0. The highest BCUT2D eigenvalue weighted by Crippen LogP contribution is 2.21. The van der Waals surface area contributed by atoms with Gasteiger partial charge in [0.2, 0.25) is 0 Å². The predicted octanol–water partition coefficient (Wildman–Crippen LogP) is 2.61. The minimum atomic E-state index is -0.113. The quantitative estimate of drug-likeness (QED) is 0.859. The summed E-state index contributed by atoms with van der Waals surface area (Å²) in [4.78, 5) is 1.17. The van der Waals surface area contributed by atoms with E-state index in [2.05, 4.69) is 16.9 Å². The van der Waals surface area contributed by atoms with Crippen molar-refractivity contribution in [3.05, 3.63) is 38.3 Å². The molecule has 0 aliphatic rings. The van der Waals surface area contributed by atoms with E-state index in [0.29, 0.717) is 6.54 Å². The van der Waals surface area contributed by atoms with E-state index in [0.717, 1.165) is 22.0 Å². The molecular weight excluding hydrogens is 268 g/mol. The SMILES string of the molecule is Cc1nn(Cc2cc(C#CCO)cs2)c(C)c1Cl. The van der Waals surface area contributed by atoms with Crippen molar-refractivity contribution in [3.8, 4) is 11.8 Å². The number of rotatable bonds is 2. The molecule has 0 aliphatic heterocycles. The third-order valence-electron chi connectivity index (χ3n) is 2.56. The fourth-order valence-electron chi connectivity index (χ4n) is 1.65. The monoisotopic (exact) mass is 280 g/mol. The normalized spacial score (nSPS) is 10.2. The number of thiophene rings is 1. The maximum absolute atomic E-state index is 8.64. The van der Waals surface area contributed by atoms with Crippen molar-refractivity contribution in [1.82, 2.24) is 9.78 Å². The fourth-order valence-corrected chi connectivity index (χ4v) is 2.58. The lowest BCUT2D eigenvalue weighted by molar-refractivity contribution is 0.350. The van der Waals surface area contributed by atoms with E-state index in [-0.39, 0.29) is 6.61 Å². The molecule has 0 aliphatic carbocycles. The van der Waals surface area contributed by atoms with E-state index in [1.807, 2.05) is 30.0 Å². The zero-order valence-electron chi connectivity index (χ0n) is 10.2. The zero-order chi connectivity index (χ0) is 13.1. The van der Waals surface area contributed by atoms with Crippen LogP contribution in [0.3, 0.4) is 0 Å². The van der Waals surface area contributed by atoms with Crippen LogP contribution in [0.25, 0.3) is 0 Å². The summed E-state index contributed by atoms with van der Waals surface area (Å²) >= 11 is 7.74. The Hall–Kier alpha value is -1.28. The Balaban J connectivity index is 2.18.